The summed E-state index contributed by atoms with van der Waals surface area (Å²) in [6, 6.07) is 6.62. The summed E-state index contributed by atoms with van der Waals surface area (Å²) in [6.07, 6.45) is 1.88. The molecule has 0 spiro atoms. The van der Waals surface area contributed by atoms with Crippen LogP contribution in [0.4, 0.5) is 0 Å². The van der Waals surface area contributed by atoms with Crippen LogP contribution in [0.3, 0.4) is 0 Å². The highest BCUT2D eigenvalue weighted by molar-refractivity contribution is 7.99. The van der Waals surface area contributed by atoms with Crippen molar-refractivity contribution in [2.24, 2.45) is 5.92 Å². The maximum atomic E-state index is 12.5. The largest absolute Gasteiger partial charge is 0.479 e. The van der Waals surface area contributed by atoms with E-state index in [1.54, 1.807) is 31.2 Å². The lowest BCUT2D eigenvalue weighted by Crippen LogP contribution is -2.53. The number of aliphatic carboxylic acids is 1. The van der Waals surface area contributed by atoms with Crippen molar-refractivity contribution in [3.8, 4) is 0 Å². The number of thioether (sulfide) groups is 1. The zero-order chi connectivity index (χ0) is 16.2. The molecule has 22 heavy (non-hydrogen) atoms. The van der Waals surface area contributed by atoms with Gasteiger partial charge in [-0.15, -0.1) is 0 Å². The third kappa shape index (κ3) is 3.58. The Balaban J connectivity index is 2.27. The molecule has 1 aromatic rings. The summed E-state index contributed by atoms with van der Waals surface area (Å²) < 4.78 is 0. The van der Waals surface area contributed by atoms with Gasteiger partial charge in [0.1, 0.15) is 0 Å². The van der Waals surface area contributed by atoms with E-state index in [9.17, 15) is 14.7 Å². The minimum absolute atomic E-state index is 0.0983. The standard InChI is InChI=1S/C16H20ClNO3S/c1-2-16(15(20)21,12-3-5-13(17)6-4-12)18-14(19)11-7-9-22-10-8-11/h3-6,11H,2,7-10H2,1H3,(H,18,19)(H,20,21). The Kier molecular flexibility index (Phi) is 5.75. The SMILES string of the molecule is CCC(NC(=O)C1CCSCC1)(C(=O)O)c1ccc(Cl)cc1. The van der Waals surface area contributed by atoms with Gasteiger partial charge < -0.3 is 10.4 Å². The van der Waals surface area contributed by atoms with Crippen LogP contribution in [0.25, 0.3) is 0 Å². The minimum atomic E-state index is -1.40. The van der Waals surface area contributed by atoms with Crippen molar-refractivity contribution in [2.45, 2.75) is 31.7 Å². The summed E-state index contributed by atoms with van der Waals surface area (Å²) in [5, 5.41) is 13.1. The molecular formula is C16H20ClNO3S. The zero-order valence-electron chi connectivity index (χ0n) is 12.5. The van der Waals surface area contributed by atoms with E-state index in [0.29, 0.717) is 10.6 Å². The van der Waals surface area contributed by atoms with Crippen LogP contribution in [0.1, 0.15) is 31.7 Å². The van der Waals surface area contributed by atoms with Gasteiger partial charge in [0.15, 0.2) is 5.54 Å². The summed E-state index contributed by atoms with van der Waals surface area (Å²) in [4.78, 5) is 24.4. The van der Waals surface area contributed by atoms with E-state index in [1.807, 2.05) is 11.8 Å². The molecule has 0 bridgehead atoms. The number of amides is 1. The van der Waals surface area contributed by atoms with E-state index in [1.165, 1.54) is 0 Å². The first-order valence-corrected chi connectivity index (χ1v) is 8.92. The maximum absolute atomic E-state index is 12.5. The number of benzene rings is 1. The molecule has 0 radical (unpaired) electrons. The molecule has 1 aliphatic rings. The quantitative estimate of drug-likeness (QED) is 0.862. The third-order valence-corrected chi connectivity index (χ3v) is 5.46. The highest BCUT2D eigenvalue weighted by Gasteiger charge is 2.41. The van der Waals surface area contributed by atoms with Crippen molar-refractivity contribution in [2.75, 3.05) is 11.5 Å². The van der Waals surface area contributed by atoms with Crippen LogP contribution in [-0.2, 0) is 15.1 Å². The Morgan fingerprint density at radius 2 is 1.91 bits per heavy atom. The van der Waals surface area contributed by atoms with Crippen molar-refractivity contribution in [1.82, 2.24) is 5.32 Å². The minimum Gasteiger partial charge on any atom is -0.479 e. The molecule has 1 heterocycles. The fourth-order valence-corrected chi connectivity index (χ4v) is 3.93. The van der Waals surface area contributed by atoms with Gasteiger partial charge in [-0.25, -0.2) is 4.79 Å². The Bertz CT molecular complexity index is 543. The molecule has 2 rings (SSSR count). The molecule has 1 saturated heterocycles. The first-order chi connectivity index (χ1) is 10.5. The molecule has 4 nitrogen and oxygen atoms in total. The van der Waals surface area contributed by atoms with Gasteiger partial charge in [-0.05, 0) is 48.5 Å². The molecule has 1 aliphatic heterocycles. The van der Waals surface area contributed by atoms with Crippen LogP contribution >= 0.6 is 23.4 Å². The number of carbonyl (C=O) groups excluding carboxylic acids is 1. The Labute approximate surface area is 139 Å². The van der Waals surface area contributed by atoms with Crippen LogP contribution in [0.15, 0.2) is 24.3 Å². The molecule has 1 fully saturated rings. The van der Waals surface area contributed by atoms with Crippen LogP contribution in [0.2, 0.25) is 5.02 Å². The zero-order valence-corrected chi connectivity index (χ0v) is 14.0. The second-order valence-electron chi connectivity index (χ2n) is 5.45. The molecule has 2 N–H and O–H groups in total. The number of carboxylic acid groups (broad SMARTS) is 1. The Hall–Kier alpha value is -1.20. The number of carboxylic acids is 1. The van der Waals surface area contributed by atoms with E-state index < -0.39 is 11.5 Å². The number of hydrogen-bond acceptors (Lipinski definition) is 3. The van der Waals surface area contributed by atoms with Crippen molar-refractivity contribution < 1.29 is 14.7 Å². The second kappa shape index (κ2) is 7.38. The van der Waals surface area contributed by atoms with Gasteiger partial charge in [0.2, 0.25) is 5.91 Å². The lowest BCUT2D eigenvalue weighted by atomic mass is 9.86. The van der Waals surface area contributed by atoms with Crippen LogP contribution < -0.4 is 5.32 Å². The summed E-state index contributed by atoms with van der Waals surface area (Å²) in [6.45, 7) is 1.76. The predicted octanol–water partition coefficient (Wildman–Crippen LogP) is 3.29. The van der Waals surface area contributed by atoms with E-state index in [-0.39, 0.29) is 18.2 Å². The summed E-state index contributed by atoms with van der Waals surface area (Å²) in [7, 11) is 0. The lowest BCUT2D eigenvalue weighted by Gasteiger charge is -2.32. The van der Waals surface area contributed by atoms with Crippen molar-refractivity contribution in [3.05, 3.63) is 34.9 Å². The highest BCUT2D eigenvalue weighted by atomic mass is 35.5. The molecule has 0 saturated carbocycles. The average molecular weight is 342 g/mol. The van der Waals surface area contributed by atoms with Gasteiger partial charge in [0, 0.05) is 10.9 Å². The molecule has 1 aromatic carbocycles. The maximum Gasteiger partial charge on any atom is 0.334 e. The molecule has 120 valence electrons. The van der Waals surface area contributed by atoms with E-state index in [2.05, 4.69) is 5.32 Å². The van der Waals surface area contributed by atoms with Gasteiger partial charge in [-0.2, -0.15) is 11.8 Å². The number of nitrogens with one attached hydrogen (secondary N) is 1. The van der Waals surface area contributed by atoms with Gasteiger partial charge in [-0.3, -0.25) is 4.79 Å². The lowest BCUT2D eigenvalue weighted by molar-refractivity contribution is -0.149. The third-order valence-electron chi connectivity index (χ3n) is 4.16. The van der Waals surface area contributed by atoms with Crippen molar-refractivity contribution >= 4 is 35.2 Å². The van der Waals surface area contributed by atoms with Gasteiger partial charge in [0.25, 0.3) is 0 Å². The summed E-state index contributed by atoms with van der Waals surface area (Å²) >= 11 is 7.71. The topological polar surface area (TPSA) is 66.4 Å². The first-order valence-electron chi connectivity index (χ1n) is 7.39. The van der Waals surface area contributed by atoms with Crippen molar-refractivity contribution in [1.29, 1.82) is 0 Å². The summed E-state index contributed by atoms with van der Waals surface area (Å²) in [5.41, 5.74) is -0.850. The highest BCUT2D eigenvalue weighted by Crippen LogP contribution is 2.29. The van der Waals surface area contributed by atoms with Gasteiger partial charge in [0.05, 0.1) is 0 Å². The number of halogens is 1. The fourth-order valence-electron chi connectivity index (χ4n) is 2.70. The number of hydrogen-bond donors (Lipinski definition) is 2. The van der Waals surface area contributed by atoms with Crippen LogP contribution in [0, 0.1) is 5.92 Å². The van der Waals surface area contributed by atoms with Crippen LogP contribution in [0.5, 0.6) is 0 Å². The Morgan fingerprint density at radius 3 is 2.41 bits per heavy atom. The smallest absolute Gasteiger partial charge is 0.334 e. The molecule has 1 amide bonds. The molecule has 1 atom stereocenters. The molecule has 0 aliphatic carbocycles. The van der Waals surface area contributed by atoms with Crippen molar-refractivity contribution in [3.63, 3.8) is 0 Å². The van der Waals surface area contributed by atoms with Gasteiger partial charge >= 0.3 is 5.97 Å². The number of carbonyl (C=O) groups is 2. The molecule has 6 heteroatoms. The second-order valence-corrected chi connectivity index (χ2v) is 7.11. The predicted molar refractivity (Wildman–Crippen MR) is 89.2 cm³/mol. The molecular weight excluding hydrogens is 322 g/mol. The molecule has 0 aromatic heterocycles. The monoisotopic (exact) mass is 341 g/mol. The average Bonchev–Trinajstić information content (AvgIpc) is 2.54. The Morgan fingerprint density at radius 1 is 1.32 bits per heavy atom. The van der Waals surface area contributed by atoms with E-state index in [0.717, 1.165) is 24.3 Å². The fraction of sp³-hybridized carbons (Fsp3) is 0.500. The molecule has 1 unspecified atom stereocenters. The van der Waals surface area contributed by atoms with Gasteiger partial charge in [-0.1, -0.05) is 30.7 Å². The first kappa shape index (κ1) is 17.2. The number of rotatable bonds is 5. The van der Waals surface area contributed by atoms with E-state index in [4.69, 9.17) is 11.6 Å². The summed E-state index contributed by atoms with van der Waals surface area (Å²) in [5.74, 6) is 0.588. The normalized spacial score (nSPS) is 18.5. The van der Waals surface area contributed by atoms with E-state index >= 15 is 0 Å². The van der Waals surface area contributed by atoms with Crippen LogP contribution in [-0.4, -0.2) is 28.5 Å².